The summed E-state index contributed by atoms with van der Waals surface area (Å²) in [5, 5.41) is 12.0. The van der Waals surface area contributed by atoms with Gasteiger partial charge in [0.25, 0.3) is 0 Å². The number of nitroso groups, excluding NO2 is 1. The molecule has 2 rings (SSSR count). The largest absolute Gasteiger partial charge is 0.465 e. The first-order valence-electron chi connectivity index (χ1n) is 10.0. The molecule has 0 amide bonds. The molecule has 1 unspecified atom stereocenters. The fourth-order valence-corrected chi connectivity index (χ4v) is 2.86. The van der Waals surface area contributed by atoms with Crippen molar-refractivity contribution < 1.29 is 14.3 Å². The summed E-state index contributed by atoms with van der Waals surface area (Å²) < 4.78 is 10.7. The number of hydrogen-bond acceptors (Lipinski definition) is 10. The third-order valence-electron chi connectivity index (χ3n) is 4.56. The second kappa shape index (κ2) is 11.4. The Hall–Kier alpha value is -3.74. The zero-order valence-corrected chi connectivity index (χ0v) is 17.9. The molecule has 0 fully saturated rings. The van der Waals surface area contributed by atoms with Crippen molar-refractivity contribution >= 4 is 23.3 Å². The maximum Gasteiger partial charge on any atom is 0.325 e. The van der Waals surface area contributed by atoms with Crippen molar-refractivity contribution in [3.63, 3.8) is 0 Å². The van der Waals surface area contributed by atoms with E-state index in [0.29, 0.717) is 12.2 Å². The van der Waals surface area contributed by atoms with Gasteiger partial charge >= 0.3 is 12.0 Å². The predicted molar refractivity (Wildman–Crippen MR) is 116 cm³/mol. The Morgan fingerprint density at radius 3 is 2.58 bits per heavy atom. The third-order valence-corrected chi connectivity index (χ3v) is 4.56. The minimum atomic E-state index is -0.509. The lowest BCUT2D eigenvalue weighted by Crippen LogP contribution is -2.34. The highest BCUT2D eigenvalue weighted by atomic mass is 16.5. The molecule has 0 aliphatic heterocycles. The smallest absolute Gasteiger partial charge is 0.325 e. The van der Waals surface area contributed by atoms with Gasteiger partial charge in [-0.25, -0.2) is 0 Å². The lowest BCUT2D eigenvalue weighted by Gasteiger charge is -2.30. The number of benzene rings is 1. The molecule has 0 saturated heterocycles. The molecule has 1 heterocycles. The van der Waals surface area contributed by atoms with E-state index >= 15 is 0 Å². The first-order chi connectivity index (χ1) is 14.9. The lowest BCUT2D eigenvalue weighted by molar-refractivity contribution is -0.141. The van der Waals surface area contributed by atoms with Crippen molar-refractivity contribution in [2.24, 2.45) is 5.18 Å². The van der Waals surface area contributed by atoms with Crippen LogP contribution in [0.1, 0.15) is 50.8 Å². The summed E-state index contributed by atoms with van der Waals surface area (Å²) >= 11 is 0. The second-order valence-electron chi connectivity index (χ2n) is 6.70. The summed E-state index contributed by atoms with van der Waals surface area (Å²) in [5.74, 6) is -0.586. The number of nitrogens with two attached hydrogens (primary N) is 1. The maximum absolute atomic E-state index is 12.3. The number of carbonyl (C=O) groups is 1. The number of aromatic nitrogens is 2. The number of carbonyl (C=O) groups excluding carboxylic acids is 1. The first-order valence-corrected chi connectivity index (χ1v) is 10.0. The van der Waals surface area contributed by atoms with Gasteiger partial charge in [0.2, 0.25) is 0 Å². The average Bonchev–Trinajstić information content (AvgIpc) is 2.77. The summed E-state index contributed by atoms with van der Waals surface area (Å²) in [5.41, 5.74) is 7.03. The van der Waals surface area contributed by atoms with Crippen molar-refractivity contribution in [3.8, 4) is 12.1 Å². The zero-order valence-electron chi connectivity index (χ0n) is 17.9. The Bertz CT molecular complexity index is 942. The molecule has 0 saturated carbocycles. The highest BCUT2D eigenvalue weighted by Crippen LogP contribution is 2.37. The molecule has 2 aromatic rings. The zero-order chi connectivity index (χ0) is 22.8. The van der Waals surface area contributed by atoms with Gasteiger partial charge in [0.05, 0.1) is 30.9 Å². The summed E-state index contributed by atoms with van der Waals surface area (Å²) in [4.78, 5) is 33.8. The van der Waals surface area contributed by atoms with Crippen molar-refractivity contribution in [1.82, 2.24) is 9.97 Å². The van der Waals surface area contributed by atoms with Crippen LogP contribution in [-0.2, 0) is 9.53 Å². The van der Waals surface area contributed by atoms with Crippen LogP contribution in [0.15, 0.2) is 29.4 Å². The van der Waals surface area contributed by atoms with Crippen LogP contribution in [0.5, 0.6) is 6.01 Å². The number of hydrogen-bond donors (Lipinski definition) is 1. The van der Waals surface area contributed by atoms with Crippen LogP contribution in [0.25, 0.3) is 0 Å². The summed E-state index contributed by atoms with van der Waals surface area (Å²) in [6.45, 7) is 5.92. The molecule has 10 heteroatoms. The van der Waals surface area contributed by atoms with E-state index in [1.807, 2.05) is 13.8 Å². The van der Waals surface area contributed by atoms with Crippen LogP contribution in [0.3, 0.4) is 0 Å². The molecular formula is C21H26N6O4. The Morgan fingerprint density at radius 1 is 1.29 bits per heavy atom. The Kier molecular flexibility index (Phi) is 8.69. The van der Waals surface area contributed by atoms with Gasteiger partial charge in [-0.3, -0.25) is 4.79 Å². The molecule has 1 atom stereocenters. The molecule has 10 nitrogen and oxygen atoms in total. The highest BCUT2D eigenvalue weighted by Gasteiger charge is 2.27. The minimum Gasteiger partial charge on any atom is -0.465 e. The highest BCUT2D eigenvalue weighted by molar-refractivity contribution is 5.80. The van der Waals surface area contributed by atoms with E-state index in [9.17, 15) is 9.70 Å². The van der Waals surface area contributed by atoms with Gasteiger partial charge < -0.3 is 20.1 Å². The van der Waals surface area contributed by atoms with E-state index in [0.717, 1.165) is 18.4 Å². The molecule has 164 valence electrons. The topological polar surface area (TPSA) is 144 Å². The molecule has 31 heavy (non-hydrogen) atoms. The molecule has 0 radical (unpaired) electrons. The monoisotopic (exact) mass is 426 g/mol. The van der Waals surface area contributed by atoms with Gasteiger partial charge in [0.1, 0.15) is 6.54 Å². The van der Waals surface area contributed by atoms with Crippen LogP contribution in [0.2, 0.25) is 0 Å². The predicted octanol–water partition coefficient (Wildman–Crippen LogP) is 3.64. The number of esters is 1. The number of rotatable bonds is 11. The van der Waals surface area contributed by atoms with Gasteiger partial charge in [0, 0.05) is 0 Å². The second-order valence-corrected chi connectivity index (χ2v) is 6.70. The normalized spacial score (nSPS) is 11.3. The Morgan fingerprint density at radius 2 is 2.00 bits per heavy atom. The van der Waals surface area contributed by atoms with Crippen LogP contribution in [0.4, 0.5) is 17.3 Å². The van der Waals surface area contributed by atoms with E-state index < -0.39 is 12.0 Å². The number of nitrogen functional groups attached to an aromatic ring is 1. The van der Waals surface area contributed by atoms with Crippen molar-refractivity contribution in [2.75, 3.05) is 30.4 Å². The number of ether oxygens (including phenoxy) is 2. The van der Waals surface area contributed by atoms with E-state index in [4.69, 9.17) is 20.5 Å². The third kappa shape index (κ3) is 6.12. The lowest BCUT2D eigenvalue weighted by atomic mass is 10.0. The van der Waals surface area contributed by atoms with Crippen LogP contribution < -0.4 is 15.4 Å². The summed E-state index contributed by atoms with van der Waals surface area (Å²) in [7, 11) is 0. The first kappa shape index (κ1) is 23.5. The molecule has 1 aromatic carbocycles. The average molecular weight is 426 g/mol. The number of unbranched alkanes of at least 4 members (excludes halogenated alkanes) is 1. The number of anilines is 2. The fraction of sp³-hybridized carbons (Fsp3) is 0.429. The molecule has 0 bridgehead atoms. The summed E-state index contributed by atoms with van der Waals surface area (Å²) in [6.07, 6.45) is 1.71. The van der Waals surface area contributed by atoms with Gasteiger partial charge in [-0.1, -0.05) is 25.5 Å². The van der Waals surface area contributed by atoms with Gasteiger partial charge in [-0.05, 0) is 43.1 Å². The molecule has 2 N–H and O–H groups in total. The molecule has 0 aliphatic rings. The Balaban J connectivity index is 2.51. The fourth-order valence-electron chi connectivity index (χ4n) is 2.86. The van der Waals surface area contributed by atoms with Crippen molar-refractivity contribution in [2.45, 2.75) is 39.7 Å². The number of nitrogens with zero attached hydrogens (tertiary/aromatic N) is 5. The van der Waals surface area contributed by atoms with E-state index in [1.54, 1.807) is 36.1 Å². The van der Waals surface area contributed by atoms with E-state index in [1.165, 1.54) is 0 Å². The van der Waals surface area contributed by atoms with E-state index in [2.05, 4.69) is 21.2 Å². The quantitative estimate of drug-likeness (QED) is 0.323. The Labute approximate surface area is 181 Å². The molecule has 0 spiro atoms. The van der Waals surface area contributed by atoms with Crippen molar-refractivity contribution in [1.29, 1.82) is 5.26 Å². The standard InChI is InChI=1S/C21H26N6O4/c1-4-6-11-31-21-24-19(23)18(26-29)20(25-21)27(13-17(28)30-5-2)14(3)16-9-7-15(12-22)8-10-16/h7-10,14H,4-6,11,13H2,1-3H3,(H2,23,24,25). The van der Waals surface area contributed by atoms with Crippen LogP contribution >= 0.6 is 0 Å². The van der Waals surface area contributed by atoms with Crippen molar-refractivity contribution in [3.05, 3.63) is 40.3 Å². The number of nitriles is 1. The van der Waals surface area contributed by atoms with E-state index in [-0.39, 0.29) is 36.5 Å². The molecule has 1 aromatic heterocycles. The summed E-state index contributed by atoms with van der Waals surface area (Å²) in [6, 6.07) is 8.48. The van der Waals surface area contributed by atoms with Gasteiger partial charge in [-0.15, -0.1) is 4.91 Å². The molecule has 0 aliphatic carbocycles. The SMILES string of the molecule is CCCCOc1nc(N)c(N=O)c(N(CC(=O)OCC)C(C)c2ccc(C#N)cc2)n1. The van der Waals surface area contributed by atoms with Crippen LogP contribution in [-0.4, -0.2) is 35.7 Å². The van der Waals surface area contributed by atoms with Gasteiger partial charge in [0.15, 0.2) is 17.3 Å². The minimum absolute atomic E-state index is 0.00534. The van der Waals surface area contributed by atoms with Gasteiger partial charge in [-0.2, -0.15) is 15.2 Å². The van der Waals surface area contributed by atoms with Crippen LogP contribution in [0, 0.1) is 16.2 Å². The maximum atomic E-state index is 12.3. The molecular weight excluding hydrogens is 400 g/mol.